The predicted octanol–water partition coefficient (Wildman–Crippen LogP) is 3.21. The van der Waals surface area contributed by atoms with Crippen molar-refractivity contribution in [3.8, 4) is 5.75 Å². The highest BCUT2D eigenvalue weighted by molar-refractivity contribution is 7.09. The molecular weight excluding hydrogens is 277 g/mol. The van der Waals surface area contributed by atoms with Crippen molar-refractivity contribution in [2.24, 2.45) is 0 Å². The van der Waals surface area contributed by atoms with Gasteiger partial charge >= 0.3 is 0 Å². The average Bonchev–Trinajstić information content (AvgIpc) is 2.78. The zero-order valence-electron chi connectivity index (χ0n) is 11.8. The summed E-state index contributed by atoms with van der Waals surface area (Å²) in [4.78, 5) is 7.35. The quantitative estimate of drug-likeness (QED) is 0.861. The highest BCUT2D eigenvalue weighted by atomic mass is 32.1. The first-order chi connectivity index (χ1) is 9.52. The second kappa shape index (κ2) is 6.09. The molecule has 0 aliphatic heterocycles. The van der Waals surface area contributed by atoms with Gasteiger partial charge in [0, 0.05) is 24.1 Å². The van der Waals surface area contributed by atoms with E-state index in [1.807, 2.05) is 31.3 Å². The lowest BCUT2D eigenvalue weighted by Gasteiger charge is -2.21. The van der Waals surface area contributed by atoms with Gasteiger partial charge in [-0.1, -0.05) is 0 Å². The lowest BCUT2D eigenvalue weighted by molar-refractivity contribution is 0.322. The van der Waals surface area contributed by atoms with E-state index in [1.165, 1.54) is 6.07 Å². The number of hydrogen-bond donors (Lipinski definition) is 1. The van der Waals surface area contributed by atoms with Gasteiger partial charge in [0.2, 0.25) is 0 Å². The van der Waals surface area contributed by atoms with Crippen molar-refractivity contribution in [3.05, 3.63) is 34.0 Å². The van der Waals surface area contributed by atoms with Crippen molar-refractivity contribution in [2.75, 3.05) is 24.3 Å². The monoisotopic (exact) mass is 295 g/mol. The molecule has 0 aliphatic rings. The zero-order valence-corrected chi connectivity index (χ0v) is 12.6. The Morgan fingerprint density at radius 2 is 2.20 bits per heavy atom. The van der Waals surface area contributed by atoms with Crippen LogP contribution >= 0.6 is 11.3 Å². The Morgan fingerprint density at radius 1 is 1.45 bits per heavy atom. The molecule has 0 aliphatic carbocycles. The van der Waals surface area contributed by atoms with Gasteiger partial charge in [-0.15, -0.1) is 11.3 Å². The Hall–Kier alpha value is -1.82. The Morgan fingerprint density at radius 3 is 2.80 bits per heavy atom. The number of nitrogens with zero attached hydrogens (tertiary/aromatic N) is 2. The lowest BCUT2D eigenvalue weighted by atomic mass is 10.2. The number of halogens is 1. The van der Waals surface area contributed by atoms with Gasteiger partial charge in [0.1, 0.15) is 0 Å². The molecule has 2 rings (SSSR count). The molecule has 0 unspecified atom stereocenters. The fourth-order valence-electron chi connectivity index (χ4n) is 1.93. The van der Waals surface area contributed by atoms with Crippen molar-refractivity contribution < 1.29 is 9.13 Å². The van der Waals surface area contributed by atoms with E-state index in [-0.39, 0.29) is 5.75 Å². The number of hydrogen-bond acceptors (Lipinski definition) is 5. The van der Waals surface area contributed by atoms with Gasteiger partial charge in [-0.05, 0) is 13.8 Å². The topological polar surface area (TPSA) is 51.4 Å². The number of thiazole rings is 1. The molecule has 1 aromatic heterocycles. The summed E-state index contributed by atoms with van der Waals surface area (Å²) in [5.41, 5.74) is 9.88. The first kappa shape index (κ1) is 14.6. The van der Waals surface area contributed by atoms with Gasteiger partial charge < -0.3 is 15.4 Å². The summed E-state index contributed by atoms with van der Waals surface area (Å²) in [6, 6.07) is 2.95. The van der Waals surface area contributed by atoms with E-state index in [0.29, 0.717) is 18.8 Å². The fraction of sp³-hybridized carbons (Fsp3) is 0.357. The molecule has 4 nitrogen and oxygen atoms in total. The maximum Gasteiger partial charge on any atom is 0.167 e. The first-order valence-corrected chi connectivity index (χ1v) is 7.22. The van der Waals surface area contributed by atoms with Crippen molar-refractivity contribution in [3.63, 3.8) is 0 Å². The van der Waals surface area contributed by atoms with Crippen LogP contribution in [0.4, 0.5) is 15.8 Å². The molecule has 108 valence electrons. The average molecular weight is 295 g/mol. The Labute approximate surface area is 122 Å². The van der Waals surface area contributed by atoms with E-state index >= 15 is 0 Å². The summed E-state index contributed by atoms with van der Waals surface area (Å²) in [7, 11) is 1.92. The molecule has 0 radical (unpaired) electrons. The molecule has 20 heavy (non-hydrogen) atoms. The van der Waals surface area contributed by atoms with Crippen LogP contribution in [0, 0.1) is 12.7 Å². The Balaban J connectivity index is 2.27. The molecule has 2 aromatic rings. The summed E-state index contributed by atoms with van der Waals surface area (Å²) in [5.74, 6) is -0.208. The smallest absolute Gasteiger partial charge is 0.167 e. The highest BCUT2D eigenvalue weighted by Crippen LogP contribution is 2.31. The molecule has 6 heteroatoms. The van der Waals surface area contributed by atoms with Crippen LogP contribution in [-0.4, -0.2) is 18.6 Å². The van der Waals surface area contributed by atoms with Crippen LogP contribution in [-0.2, 0) is 6.54 Å². The van der Waals surface area contributed by atoms with Crippen LogP contribution in [0.15, 0.2) is 17.6 Å². The van der Waals surface area contributed by atoms with E-state index in [9.17, 15) is 4.39 Å². The van der Waals surface area contributed by atoms with E-state index in [2.05, 4.69) is 4.98 Å². The van der Waals surface area contributed by atoms with Gasteiger partial charge in [0.05, 0.1) is 35.7 Å². The molecule has 0 atom stereocenters. The summed E-state index contributed by atoms with van der Waals surface area (Å²) < 4.78 is 19.0. The maximum absolute atomic E-state index is 13.7. The minimum absolute atomic E-state index is 0.226. The number of aromatic nitrogens is 1. The second-order valence-corrected chi connectivity index (χ2v) is 5.43. The molecule has 1 aromatic carbocycles. The third-order valence-electron chi connectivity index (χ3n) is 3.02. The maximum atomic E-state index is 13.7. The van der Waals surface area contributed by atoms with Crippen LogP contribution in [0.5, 0.6) is 5.75 Å². The van der Waals surface area contributed by atoms with Crippen molar-refractivity contribution in [2.45, 2.75) is 20.4 Å². The van der Waals surface area contributed by atoms with Crippen molar-refractivity contribution >= 4 is 22.7 Å². The molecule has 0 bridgehead atoms. The van der Waals surface area contributed by atoms with Gasteiger partial charge in [-0.2, -0.15) is 0 Å². The van der Waals surface area contributed by atoms with Gasteiger partial charge in [0.25, 0.3) is 0 Å². The van der Waals surface area contributed by atoms with Gasteiger partial charge in [0.15, 0.2) is 11.6 Å². The first-order valence-electron chi connectivity index (χ1n) is 6.34. The largest absolute Gasteiger partial charge is 0.491 e. The Bertz CT molecular complexity index is 600. The number of aryl methyl sites for hydroxylation is 1. The molecule has 0 saturated heterocycles. The number of benzene rings is 1. The predicted molar refractivity (Wildman–Crippen MR) is 80.9 cm³/mol. The summed E-state index contributed by atoms with van der Waals surface area (Å²) in [6.45, 7) is 4.88. The van der Waals surface area contributed by atoms with Crippen LogP contribution in [0.25, 0.3) is 0 Å². The summed E-state index contributed by atoms with van der Waals surface area (Å²) in [5, 5.41) is 0. The summed E-state index contributed by atoms with van der Waals surface area (Å²) >= 11 is 1.60. The zero-order chi connectivity index (χ0) is 14.7. The highest BCUT2D eigenvalue weighted by Gasteiger charge is 2.14. The number of nitrogen functional groups attached to an aromatic ring is 1. The number of rotatable bonds is 5. The minimum Gasteiger partial charge on any atom is -0.491 e. The second-order valence-electron chi connectivity index (χ2n) is 4.49. The number of anilines is 2. The lowest BCUT2D eigenvalue weighted by Crippen LogP contribution is -2.18. The third kappa shape index (κ3) is 3.01. The Kier molecular flexibility index (Phi) is 4.44. The molecule has 0 fully saturated rings. The van der Waals surface area contributed by atoms with E-state index < -0.39 is 5.82 Å². The molecular formula is C14H18FN3OS. The van der Waals surface area contributed by atoms with Crippen LogP contribution in [0.1, 0.15) is 17.5 Å². The number of nitrogens with two attached hydrogens (primary N) is 1. The van der Waals surface area contributed by atoms with E-state index in [0.717, 1.165) is 16.3 Å². The van der Waals surface area contributed by atoms with E-state index in [4.69, 9.17) is 10.5 Å². The van der Waals surface area contributed by atoms with Crippen LogP contribution in [0.2, 0.25) is 0 Å². The van der Waals surface area contributed by atoms with Crippen LogP contribution in [0.3, 0.4) is 0 Å². The minimum atomic E-state index is -0.435. The van der Waals surface area contributed by atoms with Crippen molar-refractivity contribution in [1.82, 2.24) is 4.98 Å². The number of ether oxygens (including phenoxy) is 1. The van der Waals surface area contributed by atoms with Crippen LogP contribution < -0.4 is 15.4 Å². The molecule has 2 N–H and O–H groups in total. The van der Waals surface area contributed by atoms with E-state index in [1.54, 1.807) is 17.4 Å². The normalized spacial score (nSPS) is 10.6. The summed E-state index contributed by atoms with van der Waals surface area (Å²) in [6.07, 6.45) is 0. The van der Waals surface area contributed by atoms with Gasteiger partial charge in [-0.25, -0.2) is 9.37 Å². The fourth-order valence-corrected chi connectivity index (χ4v) is 2.76. The standard InChI is InChI=1S/C14H18FN3OS/c1-4-19-13-6-12(11(16)5-10(13)15)18(3)7-14-9(2)17-8-20-14/h5-6,8H,4,7,16H2,1-3H3. The molecule has 0 saturated carbocycles. The van der Waals surface area contributed by atoms with Gasteiger partial charge in [-0.3, -0.25) is 0 Å². The molecule has 1 heterocycles. The third-order valence-corrected chi connectivity index (χ3v) is 3.94. The SMILES string of the molecule is CCOc1cc(N(C)Cc2scnc2C)c(N)cc1F. The molecule has 0 amide bonds. The van der Waals surface area contributed by atoms with Crippen molar-refractivity contribution in [1.29, 1.82) is 0 Å². The molecule has 0 spiro atoms.